The van der Waals surface area contributed by atoms with Crippen LogP contribution in [0.4, 0.5) is 0 Å². The van der Waals surface area contributed by atoms with Gasteiger partial charge < -0.3 is 4.84 Å². The van der Waals surface area contributed by atoms with Crippen molar-refractivity contribution in [3.63, 3.8) is 0 Å². The van der Waals surface area contributed by atoms with Crippen molar-refractivity contribution in [3.8, 4) is 0 Å². The summed E-state index contributed by atoms with van der Waals surface area (Å²) in [5, 5.41) is 3.97. The zero-order valence-corrected chi connectivity index (χ0v) is 12.0. The van der Waals surface area contributed by atoms with Gasteiger partial charge in [0.2, 0.25) is 0 Å². The van der Waals surface area contributed by atoms with Crippen molar-refractivity contribution in [2.75, 3.05) is 0 Å². The highest BCUT2D eigenvalue weighted by atomic mass is 79.9. The number of oxime groups is 1. The fourth-order valence-corrected chi connectivity index (χ4v) is 1.92. The molecule has 0 aromatic heterocycles. The van der Waals surface area contributed by atoms with E-state index in [1.54, 1.807) is 6.21 Å². The van der Waals surface area contributed by atoms with Crippen LogP contribution in [0.25, 0.3) is 6.08 Å². The van der Waals surface area contributed by atoms with Crippen LogP contribution in [0.15, 0.2) is 64.7 Å². The van der Waals surface area contributed by atoms with Crippen molar-refractivity contribution in [1.82, 2.24) is 0 Å². The summed E-state index contributed by atoms with van der Waals surface area (Å²) in [6.45, 7) is 4.18. The van der Waals surface area contributed by atoms with E-state index < -0.39 is 0 Å². The molecule has 0 N–H and O–H groups in total. The first-order valence-corrected chi connectivity index (χ1v) is 6.70. The maximum absolute atomic E-state index is 5.27. The van der Waals surface area contributed by atoms with Gasteiger partial charge in [-0.1, -0.05) is 76.2 Å². The second-order valence-electron chi connectivity index (χ2n) is 3.98. The number of halogens is 1. The summed E-state index contributed by atoms with van der Waals surface area (Å²) in [4.78, 5) is 5.27. The van der Waals surface area contributed by atoms with E-state index in [0.717, 1.165) is 21.2 Å². The largest absolute Gasteiger partial charge is 0.391 e. The Kier molecular flexibility index (Phi) is 4.93. The zero-order chi connectivity index (χ0) is 13.5. The maximum Gasteiger partial charge on any atom is 0.142 e. The van der Waals surface area contributed by atoms with Gasteiger partial charge in [0.1, 0.15) is 6.61 Å². The lowest BCUT2D eigenvalue weighted by atomic mass is 10.1. The highest BCUT2D eigenvalue weighted by molar-refractivity contribution is 9.10. The summed E-state index contributed by atoms with van der Waals surface area (Å²) in [6, 6.07) is 15.9. The number of benzene rings is 2. The summed E-state index contributed by atoms with van der Waals surface area (Å²) in [5.74, 6) is 0. The molecule has 2 nitrogen and oxygen atoms in total. The molecule has 0 aliphatic heterocycles. The van der Waals surface area contributed by atoms with E-state index in [9.17, 15) is 0 Å². The van der Waals surface area contributed by atoms with Crippen LogP contribution in [0, 0.1) is 0 Å². The van der Waals surface area contributed by atoms with Crippen molar-refractivity contribution >= 4 is 28.2 Å². The molecule has 0 fully saturated rings. The molecule has 96 valence electrons. The Labute approximate surface area is 121 Å². The maximum atomic E-state index is 5.27. The van der Waals surface area contributed by atoms with Gasteiger partial charge in [-0.2, -0.15) is 0 Å². The molecular weight excluding hydrogens is 302 g/mol. The van der Waals surface area contributed by atoms with Crippen LogP contribution in [0.1, 0.15) is 16.7 Å². The van der Waals surface area contributed by atoms with Crippen molar-refractivity contribution in [3.05, 3.63) is 76.3 Å². The van der Waals surface area contributed by atoms with Crippen LogP contribution in [-0.2, 0) is 11.4 Å². The van der Waals surface area contributed by atoms with E-state index in [1.165, 1.54) is 0 Å². The van der Waals surface area contributed by atoms with Gasteiger partial charge in [0, 0.05) is 10.0 Å². The molecule has 2 aromatic carbocycles. The third-order valence-electron chi connectivity index (χ3n) is 2.62. The standard InChI is InChI=1S/C16H14BrNO/c1-2-13-7-9-14(10-8-13)12-19-18-11-15-5-3-4-6-16(15)17/h2-11H,1,12H2. The van der Waals surface area contributed by atoms with Crippen LogP contribution < -0.4 is 0 Å². The van der Waals surface area contributed by atoms with Crippen molar-refractivity contribution in [2.45, 2.75) is 6.61 Å². The van der Waals surface area contributed by atoms with Crippen LogP contribution in [0.3, 0.4) is 0 Å². The summed E-state index contributed by atoms with van der Waals surface area (Å²) in [5.41, 5.74) is 3.17. The average molecular weight is 316 g/mol. The Morgan fingerprint density at radius 3 is 2.53 bits per heavy atom. The van der Waals surface area contributed by atoms with E-state index in [1.807, 2.05) is 54.6 Å². The van der Waals surface area contributed by atoms with Gasteiger partial charge in [-0.15, -0.1) is 0 Å². The van der Waals surface area contributed by atoms with Gasteiger partial charge in [-0.3, -0.25) is 0 Å². The molecule has 2 aromatic rings. The molecular formula is C16H14BrNO. The lowest BCUT2D eigenvalue weighted by Gasteiger charge is -2.01. The first-order chi connectivity index (χ1) is 9.29. The molecule has 0 aliphatic rings. The van der Waals surface area contributed by atoms with Gasteiger partial charge >= 0.3 is 0 Å². The van der Waals surface area contributed by atoms with E-state index in [4.69, 9.17) is 4.84 Å². The first kappa shape index (κ1) is 13.6. The molecule has 0 saturated carbocycles. The van der Waals surface area contributed by atoms with E-state index in [2.05, 4.69) is 27.7 Å². The zero-order valence-electron chi connectivity index (χ0n) is 10.4. The highest BCUT2D eigenvalue weighted by Gasteiger charge is 1.95. The lowest BCUT2D eigenvalue weighted by Crippen LogP contribution is -1.89. The average Bonchev–Trinajstić information content (AvgIpc) is 2.46. The van der Waals surface area contributed by atoms with Crippen LogP contribution in [-0.4, -0.2) is 6.21 Å². The molecule has 0 heterocycles. The molecule has 0 saturated heterocycles. The lowest BCUT2D eigenvalue weighted by molar-refractivity contribution is 0.132. The van der Waals surface area contributed by atoms with Crippen molar-refractivity contribution in [1.29, 1.82) is 0 Å². The third-order valence-corrected chi connectivity index (χ3v) is 3.34. The molecule has 0 bridgehead atoms. The fraction of sp³-hybridized carbons (Fsp3) is 0.0625. The number of nitrogens with zero attached hydrogens (tertiary/aromatic N) is 1. The minimum atomic E-state index is 0.457. The summed E-state index contributed by atoms with van der Waals surface area (Å²) >= 11 is 3.45. The highest BCUT2D eigenvalue weighted by Crippen LogP contribution is 2.13. The predicted molar refractivity (Wildman–Crippen MR) is 83.1 cm³/mol. The minimum Gasteiger partial charge on any atom is -0.391 e. The number of hydrogen-bond donors (Lipinski definition) is 0. The molecule has 0 radical (unpaired) electrons. The van der Waals surface area contributed by atoms with Crippen LogP contribution in [0.2, 0.25) is 0 Å². The van der Waals surface area contributed by atoms with Gasteiger partial charge in [-0.25, -0.2) is 0 Å². The van der Waals surface area contributed by atoms with Crippen LogP contribution >= 0.6 is 15.9 Å². The predicted octanol–water partition coefficient (Wildman–Crippen LogP) is 4.64. The molecule has 0 aliphatic carbocycles. The Balaban J connectivity index is 1.89. The fourth-order valence-electron chi connectivity index (χ4n) is 1.54. The van der Waals surface area contributed by atoms with E-state index in [0.29, 0.717) is 6.61 Å². The van der Waals surface area contributed by atoms with E-state index in [-0.39, 0.29) is 0 Å². The Morgan fingerprint density at radius 2 is 1.84 bits per heavy atom. The molecule has 3 heteroatoms. The van der Waals surface area contributed by atoms with Gasteiger partial charge in [0.25, 0.3) is 0 Å². The van der Waals surface area contributed by atoms with Crippen molar-refractivity contribution in [2.24, 2.45) is 5.16 Å². The van der Waals surface area contributed by atoms with E-state index >= 15 is 0 Å². The topological polar surface area (TPSA) is 21.6 Å². The Morgan fingerprint density at radius 1 is 1.11 bits per heavy atom. The minimum absolute atomic E-state index is 0.457. The Hall–Kier alpha value is -1.87. The SMILES string of the molecule is C=Cc1ccc(CON=Cc2ccccc2Br)cc1. The summed E-state index contributed by atoms with van der Waals surface area (Å²) < 4.78 is 0.998. The van der Waals surface area contributed by atoms with Gasteiger partial charge in [0.15, 0.2) is 0 Å². The second-order valence-corrected chi connectivity index (χ2v) is 4.83. The summed E-state index contributed by atoms with van der Waals surface area (Å²) in [6.07, 6.45) is 3.51. The molecule has 0 amide bonds. The van der Waals surface area contributed by atoms with Gasteiger partial charge in [-0.05, 0) is 17.2 Å². The molecule has 2 rings (SSSR count). The number of rotatable bonds is 5. The monoisotopic (exact) mass is 315 g/mol. The normalized spacial score (nSPS) is 10.6. The van der Waals surface area contributed by atoms with Crippen molar-refractivity contribution < 1.29 is 4.84 Å². The first-order valence-electron chi connectivity index (χ1n) is 5.91. The van der Waals surface area contributed by atoms with Crippen LogP contribution in [0.5, 0.6) is 0 Å². The summed E-state index contributed by atoms with van der Waals surface area (Å²) in [7, 11) is 0. The molecule has 0 unspecified atom stereocenters. The molecule has 19 heavy (non-hydrogen) atoms. The number of hydrogen-bond acceptors (Lipinski definition) is 2. The molecule has 0 spiro atoms. The Bertz CT molecular complexity index is 576. The second kappa shape index (κ2) is 6.90. The quantitative estimate of drug-likeness (QED) is 0.581. The molecule has 0 atom stereocenters. The smallest absolute Gasteiger partial charge is 0.142 e. The van der Waals surface area contributed by atoms with Gasteiger partial charge in [0.05, 0.1) is 6.21 Å². The third kappa shape index (κ3) is 4.07.